The zero-order valence-electron chi connectivity index (χ0n) is 27.9. The molecule has 3 unspecified atom stereocenters. The average Bonchev–Trinajstić information content (AvgIpc) is 3.83. The first-order valence-electron chi connectivity index (χ1n) is 17.5. The van der Waals surface area contributed by atoms with E-state index in [1.165, 1.54) is 12.0 Å². The minimum absolute atomic E-state index is 0.0768. The summed E-state index contributed by atoms with van der Waals surface area (Å²) >= 11 is 0. The maximum atomic E-state index is 14.2. The number of aromatic nitrogens is 2. The number of aryl methyl sites for hydroxylation is 1. The van der Waals surface area contributed by atoms with E-state index in [-0.39, 0.29) is 55.4 Å². The lowest BCUT2D eigenvalue weighted by Crippen LogP contribution is -2.50. The van der Waals surface area contributed by atoms with Crippen LogP contribution in [0.3, 0.4) is 0 Å². The molecule has 2 amide bonds. The summed E-state index contributed by atoms with van der Waals surface area (Å²) in [4.78, 5) is 29.2. The number of rotatable bonds is 13. The number of aliphatic hydroxyl groups is 1. The van der Waals surface area contributed by atoms with E-state index in [9.17, 15) is 14.7 Å². The van der Waals surface area contributed by atoms with Crippen molar-refractivity contribution in [2.75, 3.05) is 38.4 Å². The number of carbonyl (C=O) groups is 2. The maximum Gasteiger partial charge on any atom is 0.253 e. The van der Waals surface area contributed by atoms with Crippen molar-refractivity contribution in [3.05, 3.63) is 66.0 Å². The first-order valence-corrected chi connectivity index (χ1v) is 17.5. The van der Waals surface area contributed by atoms with Gasteiger partial charge < -0.3 is 24.8 Å². The van der Waals surface area contributed by atoms with Crippen LogP contribution in [0.4, 0.5) is 5.69 Å². The third-order valence-electron chi connectivity index (χ3n) is 10.4. The fraction of sp³-hybridized carbons (Fsp3) is 0.553. The zero-order valence-corrected chi connectivity index (χ0v) is 27.9. The minimum atomic E-state index is -0.164. The highest BCUT2D eigenvalue weighted by atomic mass is 16.5. The second-order valence-electron chi connectivity index (χ2n) is 13.7. The number of hydrogen-bond donors (Lipinski definition) is 2. The standard InChI is InChI=1S/C38H50N4O5/c1-26-19-30(12-16-36(26)46-2)34-15-11-27(22-39-38(45)28-7-4-3-5-8-28)20-35(34)42(37(44)25-47-18-17-43)33-10-6-9-29(21-33)31-23-40-41(24-31)32-13-14-32/h6,9-10,12,16,19,21,23-24,27-28,32,34-35,43H,3-5,7-8,11,13-15,17-18,20,22,25H2,1-2H3,(H,39,45). The molecule has 1 heterocycles. The molecule has 0 saturated heterocycles. The van der Waals surface area contributed by atoms with Crippen LogP contribution in [0, 0.1) is 18.8 Å². The van der Waals surface area contributed by atoms with Crippen molar-refractivity contribution in [1.29, 1.82) is 0 Å². The van der Waals surface area contributed by atoms with Crippen LogP contribution < -0.4 is 15.0 Å². The predicted molar refractivity (Wildman–Crippen MR) is 183 cm³/mol. The van der Waals surface area contributed by atoms with E-state index in [1.54, 1.807) is 7.11 Å². The molecule has 0 spiro atoms. The molecule has 9 heteroatoms. The van der Waals surface area contributed by atoms with Gasteiger partial charge in [-0.15, -0.1) is 0 Å². The third-order valence-corrected chi connectivity index (χ3v) is 10.4. The lowest BCUT2D eigenvalue weighted by Gasteiger charge is -2.43. The molecule has 2 N–H and O–H groups in total. The summed E-state index contributed by atoms with van der Waals surface area (Å²) in [6.07, 6.45) is 14.3. The molecular weight excluding hydrogens is 592 g/mol. The van der Waals surface area contributed by atoms with Gasteiger partial charge in [-0.2, -0.15) is 5.10 Å². The number of ether oxygens (including phenoxy) is 2. The molecule has 3 aliphatic rings. The number of aliphatic hydroxyl groups excluding tert-OH is 1. The molecule has 1 aromatic heterocycles. The molecule has 2 aromatic carbocycles. The quantitative estimate of drug-likeness (QED) is 0.215. The molecule has 47 heavy (non-hydrogen) atoms. The van der Waals surface area contributed by atoms with E-state index in [4.69, 9.17) is 9.47 Å². The number of hydrogen-bond acceptors (Lipinski definition) is 6. The third kappa shape index (κ3) is 8.07. The molecule has 0 radical (unpaired) electrons. The normalized spacial score (nSPS) is 21.7. The van der Waals surface area contributed by atoms with Gasteiger partial charge in [0.15, 0.2) is 0 Å². The van der Waals surface area contributed by atoms with Crippen molar-refractivity contribution in [2.45, 2.75) is 89.1 Å². The van der Waals surface area contributed by atoms with Crippen molar-refractivity contribution in [2.24, 2.45) is 11.8 Å². The van der Waals surface area contributed by atoms with Gasteiger partial charge in [-0.05, 0) is 92.7 Å². The molecule has 9 nitrogen and oxygen atoms in total. The molecule has 252 valence electrons. The summed E-state index contributed by atoms with van der Waals surface area (Å²) in [5.41, 5.74) is 5.08. The highest BCUT2D eigenvalue weighted by molar-refractivity contribution is 5.96. The number of nitrogens with one attached hydrogen (secondary N) is 1. The molecule has 3 fully saturated rings. The van der Waals surface area contributed by atoms with Crippen LogP contribution in [0.15, 0.2) is 54.9 Å². The summed E-state index contributed by atoms with van der Waals surface area (Å²) in [5, 5.41) is 17.3. The number of amides is 2. The summed E-state index contributed by atoms with van der Waals surface area (Å²) in [5.74, 6) is 1.31. The van der Waals surface area contributed by atoms with E-state index >= 15 is 0 Å². The Kier molecular flexibility index (Phi) is 10.9. The van der Waals surface area contributed by atoms with Crippen LogP contribution >= 0.6 is 0 Å². The summed E-state index contributed by atoms with van der Waals surface area (Å²) in [7, 11) is 1.69. The van der Waals surface area contributed by atoms with Gasteiger partial charge in [0.2, 0.25) is 5.91 Å². The van der Waals surface area contributed by atoms with Crippen LogP contribution in [0.1, 0.15) is 87.3 Å². The molecule has 3 saturated carbocycles. The smallest absolute Gasteiger partial charge is 0.253 e. The number of methoxy groups -OCH3 is 1. The van der Waals surface area contributed by atoms with Gasteiger partial charge in [-0.3, -0.25) is 14.3 Å². The molecule has 0 aliphatic heterocycles. The van der Waals surface area contributed by atoms with Crippen LogP contribution in [-0.4, -0.2) is 66.2 Å². The SMILES string of the molecule is COc1ccc(C2CCC(CNC(=O)C3CCCCC3)CC2N(C(=O)COCCO)c2cccc(-c3cnn(C4CC4)c3)c2)cc1C. The first-order chi connectivity index (χ1) is 22.9. The molecule has 3 aromatic rings. The molecule has 0 bridgehead atoms. The maximum absolute atomic E-state index is 14.2. The van der Waals surface area contributed by atoms with Crippen molar-refractivity contribution in [3.63, 3.8) is 0 Å². The second kappa shape index (κ2) is 15.5. The van der Waals surface area contributed by atoms with Crippen molar-refractivity contribution >= 4 is 17.5 Å². The summed E-state index contributed by atoms with van der Waals surface area (Å²) < 4.78 is 13.2. The Morgan fingerprint density at radius 2 is 1.85 bits per heavy atom. The highest BCUT2D eigenvalue weighted by Gasteiger charge is 2.39. The first kappa shape index (κ1) is 33.2. The Hall–Kier alpha value is -3.69. The minimum Gasteiger partial charge on any atom is -0.496 e. The number of nitrogens with zero attached hydrogens (tertiary/aromatic N) is 3. The molecular formula is C38H50N4O5. The fourth-order valence-electron chi connectivity index (χ4n) is 7.65. The number of anilines is 1. The van der Waals surface area contributed by atoms with E-state index in [1.807, 2.05) is 34.0 Å². The Morgan fingerprint density at radius 3 is 2.60 bits per heavy atom. The van der Waals surface area contributed by atoms with Crippen LogP contribution in [0.2, 0.25) is 0 Å². The van der Waals surface area contributed by atoms with Gasteiger partial charge in [-0.1, -0.05) is 43.5 Å². The van der Waals surface area contributed by atoms with Gasteiger partial charge >= 0.3 is 0 Å². The highest BCUT2D eigenvalue weighted by Crippen LogP contribution is 2.42. The second-order valence-corrected chi connectivity index (χ2v) is 13.7. The van der Waals surface area contributed by atoms with Gasteiger partial charge in [0, 0.05) is 41.9 Å². The van der Waals surface area contributed by atoms with Crippen LogP contribution in [0.5, 0.6) is 5.75 Å². The average molecular weight is 643 g/mol. The predicted octanol–water partition coefficient (Wildman–Crippen LogP) is 6.19. The van der Waals surface area contributed by atoms with Gasteiger partial charge in [-0.25, -0.2) is 0 Å². The molecule has 3 atom stereocenters. The molecule has 6 rings (SSSR count). The van der Waals surface area contributed by atoms with E-state index in [0.717, 1.165) is 85.9 Å². The summed E-state index contributed by atoms with van der Waals surface area (Å²) in [6, 6.07) is 14.8. The lowest BCUT2D eigenvalue weighted by molar-refractivity contribution is -0.126. The monoisotopic (exact) mass is 642 g/mol. The Morgan fingerprint density at radius 1 is 1.02 bits per heavy atom. The van der Waals surface area contributed by atoms with Crippen molar-refractivity contribution in [1.82, 2.24) is 15.1 Å². The van der Waals surface area contributed by atoms with Gasteiger partial charge in [0.25, 0.3) is 5.91 Å². The number of benzene rings is 2. The van der Waals surface area contributed by atoms with Gasteiger partial charge in [0.1, 0.15) is 12.4 Å². The number of carbonyl (C=O) groups excluding carboxylic acids is 2. The van der Waals surface area contributed by atoms with Crippen LogP contribution in [0.25, 0.3) is 11.1 Å². The topological polar surface area (TPSA) is 106 Å². The van der Waals surface area contributed by atoms with E-state index in [2.05, 4.69) is 47.8 Å². The fourth-order valence-corrected chi connectivity index (χ4v) is 7.65. The Bertz CT molecular complexity index is 1510. The van der Waals surface area contributed by atoms with E-state index < -0.39 is 0 Å². The molecule has 3 aliphatic carbocycles. The Balaban J connectivity index is 1.32. The Labute approximate surface area is 278 Å². The van der Waals surface area contributed by atoms with Crippen LogP contribution in [-0.2, 0) is 14.3 Å². The van der Waals surface area contributed by atoms with Crippen molar-refractivity contribution in [3.8, 4) is 16.9 Å². The largest absolute Gasteiger partial charge is 0.496 e. The summed E-state index contributed by atoms with van der Waals surface area (Å²) in [6.45, 7) is 2.50. The van der Waals surface area contributed by atoms with E-state index in [0.29, 0.717) is 12.6 Å². The van der Waals surface area contributed by atoms with Gasteiger partial charge in [0.05, 0.1) is 32.6 Å². The zero-order chi connectivity index (χ0) is 32.8. The van der Waals surface area contributed by atoms with Crippen molar-refractivity contribution < 1.29 is 24.2 Å². The lowest BCUT2D eigenvalue weighted by atomic mass is 9.73.